The van der Waals surface area contributed by atoms with Gasteiger partial charge in [0, 0.05) is 12.1 Å². The number of nitrogens with zero attached hydrogens (tertiary/aromatic N) is 1. The van der Waals surface area contributed by atoms with Crippen LogP contribution in [-0.2, 0) is 0 Å². The first-order valence-electron chi connectivity index (χ1n) is 3.70. The Bertz CT molecular complexity index is 318. The molecule has 0 aliphatic rings. The summed E-state index contributed by atoms with van der Waals surface area (Å²) < 4.78 is 0. The maximum absolute atomic E-state index is 10.3. The van der Waals surface area contributed by atoms with Gasteiger partial charge in [0.2, 0.25) is 0 Å². The molecule has 0 aliphatic heterocycles. The van der Waals surface area contributed by atoms with Crippen LogP contribution in [0.5, 0.6) is 0 Å². The molecule has 1 atom stereocenters. The standard InChI is InChI=1S/C9H9NO3/c1-2-9(11)7-3-5-8(6-4-7)10(12)13/h2-6,9,11H,1H2/t9-/m1/s1. The molecule has 0 amide bonds. The molecule has 0 unspecified atom stereocenters. The fourth-order valence-electron chi connectivity index (χ4n) is 0.929. The van der Waals surface area contributed by atoms with E-state index in [0.29, 0.717) is 5.56 Å². The molecule has 0 radical (unpaired) electrons. The first kappa shape index (κ1) is 9.41. The van der Waals surface area contributed by atoms with E-state index in [9.17, 15) is 15.2 Å². The van der Waals surface area contributed by atoms with Crippen molar-refractivity contribution < 1.29 is 10.0 Å². The highest BCUT2D eigenvalue weighted by molar-refractivity contribution is 5.34. The molecule has 4 heteroatoms. The molecular weight excluding hydrogens is 170 g/mol. The van der Waals surface area contributed by atoms with Gasteiger partial charge >= 0.3 is 0 Å². The van der Waals surface area contributed by atoms with Crippen LogP contribution in [0.15, 0.2) is 36.9 Å². The van der Waals surface area contributed by atoms with Gasteiger partial charge < -0.3 is 5.11 Å². The number of non-ortho nitro benzene ring substituents is 1. The van der Waals surface area contributed by atoms with Crippen LogP contribution in [0.3, 0.4) is 0 Å². The monoisotopic (exact) mass is 179 g/mol. The number of aliphatic hydroxyl groups is 1. The molecule has 0 aliphatic carbocycles. The van der Waals surface area contributed by atoms with Crippen molar-refractivity contribution in [2.24, 2.45) is 0 Å². The molecule has 4 nitrogen and oxygen atoms in total. The van der Waals surface area contributed by atoms with E-state index in [0.717, 1.165) is 0 Å². The van der Waals surface area contributed by atoms with E-state index in [1.54, 1.807) is 0 Å². The zero-order valence-electron chi connectivity index (χ0n) is 6.88. The summed E-state index contributed by atoms with van der Waals surface area (Å²) in [5.41, 5.74) is 0.612. The van der Waals surface area contributed by atoms with E-state index in [-0.39, 0.29) is 5.69 Å². The third kappa shape index (κ3) is 2.13. The molecule has 1 N–H and O–H groups in total. The Hall–Kier alpha value is -1.68. The van der Waals surface area contributed by atoms with Crippen LogP contribution < -0.4 is 0 Å². The lowest BCUT2D eigenvalue weighted by Gasteiger charge is -2.03. The lowest BCUT2D eigenvalue weighted by molar-refractivity contribution is -0.384. The second-order valence-corrected chi connectivity index (χ2v) is 2.53. The lowest BCUT2D eigenvalue weighted by atomic mass is 10.1. The Morgan fingerprint density at radius 1 is 1.46 bits per heavy atom. The summed E-state index contributed by atoms with van der Waals surface area (Å²) in [6.07, 6.45) is 0.599. The number of rotatable bonds is 3. The van der Waals surface area contributed by atoms with E-state index >= 15 is 0 Å². The van der Waals surface area contributed by atoms with Gasteiger partial charge in [-0.25, -0.2) is 0 Å². The topological polar surface area (TPSA) is 63.4 Å². The smallest absolute Gasteiger partial charge is 0.269 e. The van der Waals surface area contributed by atoms with Crippen LogP contribution in [0, 0.1) is 10.1 Å². The van der Waals surface area contributed by atoms with E-state index in [4.69, 9.17) is 0 Å². The molecule has 0 bridgehead atoms. The molecular formula is C9H9NO3. The van der Waals surface area contributed by atoms with Crippen molar-refractivity contribution in [3.63, 3.8) is 0 Å². The Morgan fingerprint density at radius 2 is 2.00 bits per heavy atom. The Morgan fingerprint density at radius 3 is 2.38 bits per heavy atom. The Kier molecular flexibility index (Phi) is 2.76. The first-order valence-corrected chi connectivity index (χ1v) is 3.70. The zero-order valence-corrected chi connectivity index (χ0v) is 6.88. The highest BCUT2D eigenvalue weighted by atomic mass is 16.6. The van der Waals surface area contributed by atoms with Gasteiger partial charge in [-0.2, -0.15) is 0 Å². The summed E-state index contributed by atoms with van der Waals surface area (Å²) in [6.45, 7) is 3.41. The van der Waals surface area contributed by atoms with Crippen molar-refractivity contribution in [1.82, 2.24) is 0 Å². The van der Waals surface area contributed by atoms with Crippen LogP contribution in [0.1, 0.15) is 11.7 Å². The number of hydrogen-bond acceptors (Lipinski definition) is 3. The van der Waals surface area contributed by atoms with Crippen LogP contribution >= 0.6 is 0 Å². The zero-order chi connectivity index (χ0) is 9.84. The number of hydrogen-bond donors (Lipinski definition) is 1. The van der Waals surface area contributed by atoms with Crippen LogP contribution in [-0.4, -0.2) is 10.0 Å². The minimum atomic E-state index is -0.763. The molecule has 1 rings (SSSR count). The number of benzene rings is 1. The van der Waals surface area contributed by atoms with Gasteiger partial charge in [0.05, 0.1) is 11.0 Å². The molecule has 0 aromatic heterocycles. The molecule has 1 aromatic rings. The largest absolute Gasteiger partial charge is 0.384 e. The fourth-order valence-corrected chi connectivity index (χ4v) is 0.929. The Labute approximate surface area is 75.3 Å². The minimum absolute atomic E-state index is 0.0139. The van der Waals surface area contributed by atoms with Gasteiger partial charge in [-0.1, -0.05) is 6.08 Å². The molecule has 0 heterocycles. The summed E-state index contributed by atoms with van der Waals surface area (Å²) >= 11 is 0. The van der Waals surface area contributed by atoms with Gasteiger partial charge in [0.15, 0.2) is 0 Å². The van der Waals surface area contributed by atoms with E-state index < -0.39 is 11.0 Å². The van der Waals surface area contributed by atoms with Crippen molar-refractivity contribution >= 4 is 5.69 Å². The summed E-state index contributed by atoms with van der Waals surface area (Å²) in [7, 11) is 0. The van der Waals surface area contributed by atoms with Gasteiger partial charge in [0.1, 0.15) is 0 Å². The molecule has 13 heavy (non-hydrogen) atoms. The molecule has 0 saturated carbocycles. The highest BCUT2D eigenvalue weighted by Crippen LogP contribution is 2.17. The lowest BCUT2D eigenvalue weighted by Crippen LogP contribution is -1.93. The maximum Gasteiger partial charge on any atom is 0.269 e. The van der Waals surface area contributed by atoms with E-state index in [2.05, 4.69) is 6.58 Å². The third-order valence-corrected chi connectivity index (χ3v) is 1.67. The van der Waals surface area contributed by atoms with E-state index in [1.165, 1.54) is 30.3 Å². The normalized spacial score (nSPS) is 12.1. The van der Waals surface area contributed by atoms with Crippen molar-refractivity contribution in [3.8, 4) is 0 Å². The van der Waals surface area contributed by atoms with Gasteiger partial charge in [-0.15, -0.1) is 6.58 Å². The van der Waals surface area contributed by atoms with Gasteiger partial charge in [-0.3, -0.25) is 10.1 Å². The van der Waals surface area contributed by atoms with Crippen LogP contribution in [0.4, 0.5) is 5.69 Å². The molecule has 68 valence electrons. The van der Waals surface area contributed by atoms with Gasteiger partial charge in [-0.05, 0) is 17.7 Å². The van der Waals surface area contributed by atoms with Crippen LogP contribution in [0.25, 0.3) is 0 Å². The van der Waals surface area contributed by atoms with E-state index in [1.807, 2.05) is 0 Å². The molecule has 0 fully saturated rings. The quantitative estimate of drug-likeness (QED) is 0.437. The highest BCUT2D eigenvalue weighted by Gasteiger charge is 2.06. The summed E-state index contributed by atoms with van der Waals surface area (Å²) in [6, 6.07) is 5.71. The van der Waals surface area contributed by atoms with Crippen molar-refractivity contribution in [3.05, 3.63) is 52.6 Å². The number of nitro benzene ring substituents is 1. The molecule has 1 aromatic carbocycles. The predicted molar refractivity (Wildman–Crippen MR) is 48.3 cm³/mol. The number of aliphatic hydroxyl groups excluding tert-OH is 1. The summed E-state index contributed by atoms with van der Waals surface area (Å²) in [5.74, 6) is 0. The number of nitro groups is 1. The average molecular weight is 179 g/mol. The molecule has 0 spiro atoms. The average Bonchev–Trinajstić information content (AvgIpc) is 2.17. The van der Waals surface area contributed by atoms with Crippen LogP contribution in [0.2, 0.25) is 0 Å². The van der Waals surface area contributed by atoms with Crippen molar-refractivity contribution in [1.29, 1.82) is 0 Å². The minimum Gasteiger partial charge on any atom is -0.384 e. The Balaban J connectivity index is 2.93. The predicted octanol–water partition coefficient (Wildman–Crippen LogP) is 1.81. The summed E-state index contributed by atoms with van der Waals surface area (Å²) in [4.78, 5) is 9.79. The maximum atomic E-state index is 10.3. The van der Waals surface area contributed by atoms with Crippen molar-refractivity contribution in [2.75, 3.05) is 0 Å². The second kappa shape index (κ2) is 3.82. The first-order chi connectivity index (χ1) is 6.15. The fraction of sp³-hybridized carbons (Fsp3) is 0.111. The second-order valence-electron chi connectivity index (χ2n) is 2.53. The SMILES string of the molecule is C=C[C@@H](O)c1ccc([N+](=O)[O-])cc1. The third-order valence-electron chi connectivity index (χ3n) is 1.67. The van der Waals surface area contributed by atoms with Crippen molar-refractivity contribution in [2.45, 2.75) is 6.10 Å². The summed E-state index contributed by atoms with van der Waals surface area (Å²) in [5, 5.41) is 19.5. The van der Waals surface area contributed by atoms with Gasteiger partial charge in [0.25, 0.3) is 5.69 Å². The molecule has 0 saturated heterocycles.